The summed E-state index contributed by atoms with van der Waals surface area (Å²) >= 11 is 0. The molecule has 6 unspecified atom stereocenters. The molecule has 6 atom stereocenters. The molecule has 0 saturated carbocycles. The second kappa shape index (κ2) is 11.6. The molecule has 0 spiro atoms. The van der Waals surface area contributed by atoms with E-state index in [2.05, 4.69) is 6.92 Å². The Bertz CT molecular complexity index is 771. The summed E-state index contributed by atoms with van der Waals surface area (Å²) in [6.45, 7) is 7.24. The molecule has 0 aromatic rings. The van der Waals surface area contributed by atoms with Crippen molar-refractivity contribution in [2.45, 2.75) is 133 Å². The molecule has 36 heavy (non-hydrogen) atoms. The molecule has 0 N–H and O–H groups in total. The molecule has 9 nitrogen and oxygen atoms in total. The monoisotopic (exact) mass is 510 g/mol. The number of rotatable bonds is 0. The number of hydrogen-bond donors (Lipinski definition) is 0. The van der Waals surface area contributed by atoms with E-state index in [4.69, 9.17) is 28.4 Å². The van der Waals surface area contributed by atoms with Crippen LogP contribution < -0.4 is 0 Å². The fourth-order valence-corrected chi connectivity index (χ4v) is 5.49. The van der Waals surface area contributed by atoms with Crippen molar-refractivity contribution in [3.05, 3.63) is 0 Å². The van der Waals surface area contributed by atoms with Crippen LogP contribution in [0.3, 0.4) is 0 Å². The number of ketones is 2. The zero-order valence-corrected chi connectivity index (χ0v) is 22.0. The molecule has 9 heteroatoms. The maximum absolute atomic E-state index is 12.2. The van der Waals surface area contributed by atoms with Gasteiger partial charge in [-0.1, -0.05) is 0 Å². The molecule has 6 bridgehead atoms. The highest BCUT2D eigenvalue weighted by Crippen LogP contribution is 2.37. The second-order valence-electron chi connectivity index (χ2n) is 11.4. The van der Waals surface area contributed by atoms with E-state index in [0.29, 0.717) is 71.2 Å². The Morgan fingerprint density at radius 3 is 1.89 bits per heavy atom. The minimum atomic E-state index is -0.678. The molecule has 5 saturated heterocycles. The first-order valence-electron chi connectivity index (χ1n) is 13.5. The molecule has 0 radical (unpaired) electrons. The van der Waals surface area contributed by atoms with Gasteiger partial charge in [-0.2, -0.15) is 0 Å². The minimum Gasteiger partial charge on any atom is -0.463 e. The summed E-state index contributed by atoms with van der Waals surface area (Å²) in [6.07, 6.45) is 7.94. The maximum Gasteiger partial charge on any atom is 0.306 e. The molecule has 5 heterocycles. The number of ether oxygens (including phenoxy) is 6. The van der Waals surface area contributed by atoms with Crippen molar-refractivity contribution < 1.29 is 42.8 Å². The van der Waals surface area contributed by atoms with E-state index in [9.17, 15) is 14.4 Å². The predicted octanol–water partition coefficient (Wildman–Crippen LogP) is 3.78. The summed E-state index contributed by atoms with van der Waals surface area (Å²) in [5.74, 6) is -0.846. The molecule has 5 aliphatic rings. The van der Waals surface area contributed by atoms with Crippen molar-refractivity contribution in [1.82, 2.24) is 0 Å². The molecule has 5 rings (SSSR count). The molecule has 5 aliphatic heterocycles. The standard InChI is InChI=1S/C19H30O5.C8H12O4/c1-18-10-7-14(20)4-6-17-13-22-19(2,24-17)12-8-15(21)3-5-16(23-18)9-11-18;1-8-3-2-7(9)10-4-6(12-8)5-11-8/h16-17H,3-13H2,1-2H3;6H,2-5H2,1H3. The molecular weight excluding hydrogens is 468 g/mol. The minimum absolute atomic E-state index is 0.0374. The largest absolute Gasteiger partial charge is 0.463 e. The van der Waals surface area contributed by atoms with E-state index in [1.807, 2.05) is 13.8 Å². The average molecular weight is 511 g/mol. The molecule has 5 fully saturated rings. The highest BCUT2D eigenvalue weighted by atomic mass is 16.8. The van der Waals surface area contributed by atoms with Crippen molar-refractivity contribution in [2.24, 2.45) is 0 Å². The van der Waals surface area contributed by atoms with E-state index in [1.54, 1.807) is 0 Å². The van der Waals surface area contributed by atoms with Crippen LogP contribution in [0.25, 0.3) is 0 Å². The molecule has 204 valence electrons. The summed E-state index contributed by atoms with van der Waals surface area (Å²) in [5.41, 5.74) is -0.202. The normalized spacial score (nSPS) is 42.2. The number of fused-ring (bicyclic) bond motifs is 6. The Labute approximate surface area is 213 Å². The lowest BCUT2D eigenvalue weighted by atomic mass is 9.93. The Morgan fingerprint density at radius 2 is 1.17 bits per heavy atom. The van der Waals surface area contributed by atoms with Crippen LogP contribution >= 0.6 is 0 Å². The van der Waals surface area contributed by atoms with Gasteiger partial charge in [-0.05, 0) is 52.9 Å². The van der Waals surface area contributed by atoms with Gasteiger partial charge in [0, 0.05) is 38.5 Å². The molecule has 0 aliphatic carbocycles. The Kier molecular flexibility index (Phi) is 8.87. The quantitative estimate of drug-likeness (QED) is 0.450. The third-order valence-corrected chi connectivity index (χ3v) is 7.92. The van der Waals surface area contributed by atoms with Crippen LogP contribution in [0.15, 0.2) is 0 Å². The Balaban J connectivity index is 0.000000211. The van der Waals surface area contributed by atoms with Crippen LogP contribution in [-0.4, -0.2) is 72.8 Å². The highest BCUT2D eigenvalue weighted by Gasteiger charge is 2.40. The molecule has 0 aromatic heterocycles. The van der Waals surface area contributed by atoms with E-state index < -0.39 is 11.6 Å². The van der Waals surface area contributed by atoms with Gasteiger partial charge < -0.3 is 28.4 Å². The molecular formula is C27H42O9. The topological polar surface area (TPSA) is 107 Å². The second-order valence-corrected chi connectivity index (χ2v) is 11.4. The van der Waals surface area contributed by atoms with Crippen LogP contribution in [0.4, 0.5) is 0 Å². The van der Waals surface area contributed by atoms with Gasteiger partial charge in [0.1, 0.15) is 24.3 Å². The smallest absolute Gasteiger partial charge is 0.306 e. The highest BCUT2D eigenvalue weighted by molar-refractivity contribution is 5.79. The van der Waals surface area contributed by atoms with Gasteiger partial charge in [0.2, 0.25) is 0 Å². The van der Waals surface area contributed by atoms with E-state index in [1.165, 1.54) is 0 Å². The van der Waals surface area contributed by atoms with E-state index >= 15 is 0 Å². The van der Waals surface area contributed by atoms with Gasteiger partial charge in [0.15, 0.2) is 11.6 Å². The van der Waals surface area contributed by atoms with Crippen molar-refractivity contribution >= 4 is 17.5 Å². The number of Topliss-reactive ketones (excluding diaryl/α,β-unsaturated/α-hetero) is 2. The number of esters is 1. The van der Waals surface area contributed by atoms with Gasteiger partial charge in [-0.3, -0.25) is 14.4 Å². The first-order chi connectivity index (χ1) is 17.0. The van der Waals surface area contributed by atoms with Crippen molar-refractivity contribution in [3.8, 4) is 0 Å². The zero-order chi connectivity index (χ0) is 25.8. The third kappa shape index (κ3) is 7.81. The van der Waals surface area contributed by atoms with Crippen LogP contribution in [0.5, 0.6) is 0 Å². The zero-order valence-electron chi connectivity index (χ0n) is 22.0. The maximum atomic E-state index is 12.2. The van der Waals surface area contributed by atoms with Crippen molar-refractivity contribution in [2.75, 3.05) is 19.8 Å². The summed E-state index contributed by atoms with van der Waals surface area (Å²) in [7, 11) is 0. The number of carbonyl (C=O) groups excluding carboxylic acids is 3. The van der Waals surface area contributed by atoms with Crippen molar-refractivity contribution in [1.29, 1.82) is 0 Å². The number of carbonyl (C=O) groups is 3. The van der Waals surface area contributed by atoms with Crippen LogP contribution in [-0.2, 0) is 42.8 Å². The van der Waals surface area contributed by atoms with Crippen LogP contribution in [0.2, 0.25) is 0 Å². The fourth-order valence-electron chi connectivity index (χ4n) is 5.49. The van der Waals surface area contributed by atoms with Crippen LogP contribution in [0.1, 0.15) is 97.8 Å². The van der Waals surface area contributed by atoms with Crippen LogP contribution in [0, 0.1) is 0 Å². The number of cyclic esters (lactones) is 1. The summed E-state index contributed by atoms with van der Waals surface area (Å²) in [4.78, 5) is 35.3. The third-order valence-electron chi connectivity index (χ3n) is 7.92. The lowest BCUT2D eigenvalue weighted by Crippen LogP contribution is -2.32. The summed E-state index contributed by atoms with van der Waals surface area (Å²) in [6, 6.07) is 0. The average Bonchev–Trinajstić information content (AvgIpc) is 3.54. The van der Waals surface area contributed by atoms with Gasteiger partial charge >= 0.3 is 5.97 Å². The molecule has 0 aromatic carbocycles. The first kappa shape index (κ1) is 27.6. The number of hydrogen-bond acceptors (Lipinski definition) is 9. The summed E-state index contributed by atoms with van der Waals surface area (Å²) < 4.78 is 33.8. The van der Waals surface area contributed by atoms with Gasteiger partial charge in [-0.15, -0.1) is 0 Å². The summed E-state index contributed by atoms with van der Waals surface area (Å²) in [5, 5.41) is 0. The Morgan fingerprint density at radius 1 is 0.583 bits per heavy atom. The lowest BCUT2D eigenvalue weighted by Gasteiger charge is -2.25. The van der Waals surface area contributed by atoms with Crippen molar-refractivity contribution in [3.63, 3.8) is 0 Å². The Hall–Kier alpha value is -1.39. The van der Waals surface area contributed by atoms with Gasteiger partial charge in [0.05, 0.1) is 37.4 Å². The fraction of sp³-hybridized carbons (Fsp3) is 0.889. The van der Waals surface area contributed by atoms with E-state index in [-0.39, 0.29) is 41.4 Å². The SMILES string of the molecule is CC12CCC(=O)CCC3COC(C)(CCC(=O)CCC(CC1)O2)O3.CC12CCC(=O)OCC(CO1)O2. The molecule has 0 amide bonds. The first-order valence-corrected chi connectivity index (χ1v) is 13.5. The van der Waals surface area contributed by atoms with Gasteiger partial charge in [-0.25, -0.2) is 0 Å². The predicted molar refractivity (Wildman–Crippen MR) is 128 cm³/mol. The van der Waals surface area contributed by atoms with Gasteiger partial charge in [0.25, 0.3) is 0 Å². The lowest BCUT2D eigenvalue weighted by molar-refractivity contribution is -0.184. The van der Waals surface area contributed by atoms with E-state index in [0.717, 1.165) is 25.7 Å².